The Morgan fingerprint density at radius 2 is 1.77 bits per heavy atom. The molecular formula is C19H24F2N4O. The van der Waals surface area contributed by atoms with Crippen LogP contribution in [-0.2, 0) is 17.6 Å². The molecule has 1 saturated carbocycles. The van der Waals surface area contributed by atoms with E-state index in [2.05, 4.69) is 9.88 Å². The van der Waals surface area contributed by atoms with Gasteiger partial charge in [-0.15, -0.1) is 0 Å². The van der Waals surface area contributed by atoms with Gasteiger partial charge < -0.3 is 9.80 Å². The summed E-state index contributed by atoms with van der Waals surface area (Å²) in [6.45, 7) is 5.16. The topological polar surface area (TPSA) is 49.3 Å². The predicted octanol–water partition coefficient (Wildman–Crippen LogP) is 2.21. The molecule has 3 heterocycles. The minimum Gasteiger partial charge on any atom is -0.356 e. The number of carbonyl (C=O) groups is 1. The lowest BCUT2D eigenvalue weighted by atomic mass is 9.80. The van der Waals surface area contributed by atoms with Crippen molar-refractivity contribution in [2.45, 2.75) is 45.0 Å². The Morgan fingerprint density at radius 3 is 2.42 bits per heavy atom. The number of fused-ring (bicyclic) bond motifs is 2. The van der Waals surface area contributed by atoms with E-state index in [1.165, 1.54) is 11.3 Å². The number of aryl methyl sites for hydroxylation is 2. The first-order valence-electron chi connectivity index (χ1n) is 9.67. The van der Waals surface area contributed by atoms with Gasteiger partial charge >= 0.3 is 0 Å². The van der Waals surface area contributed by atoms with Crippen molar-refractivity contribution in [1.82, 2.24) is 14.9 Å². The van der Waals surface area contributed by atoms with Gasteiger partial charge in [0.1, 0.15) is 11.6 Å². The van der Waals surface area contributed by atoms with Crippen LogP contribution in [0.5, 0.6) is 0 Å². The van der Waals surface area contributed by atoms with E-state index >= 15 is 0 Å². The zero-order chi connectivity index (χ0) is 18.1. The average Bonchev–Trinajstić information content (AvgIpc) is 3.24. The Bertz CT molecular complexity index is 746. The van der Waals surface area contributed by atoms with E-state index in [1.807, 2.05) is 11.8 Å². The van der Waals surface area contributed by atoms with Crippen LogP contribution < -0.4 is 4.90 Å². The van der Waals surface area contributed by atoms with Crippen molar-refractivity contribution < 1.29 is 13.6 Å². The molecule has 0 aromatic carbocycles. The van der Waals surface area contributed by atoms with Gasteiger partial charge in [-0.1, -0.05) is 0 Å². The van der Waals surface area contributed by atoms with E-state index in [9.17, 15) is 13.6 Å². The van der Waals surface area contributed by atoms with Gasteiger partial charge in [0.2, 0.25) is 11.8 Å². The van der Waals surface area contributed by atoms with Crippen molar-refractivity contribution in [3.63, 3.8) is 0 Å². The van der Waals surface area contributed by atoms with Crippen LogP contribution in [0.15, 0.2) is 0 Å². The molecule has 1 aromatic heterocycles. The first-order valence-corrected chi connectivity index (χ1v) is 9.67. The number of rotatable bonds is 2. The molecule has 0 spiro atoms. The Labute approximate surface area is 151 Å². The molecule has 2 saturated heterocycles. The molecule has 5 rings (SSSR count). The van der Waals surface area contributed by atoms with E-state index in [0.29, 0.717) is 24.9 Å². The molecule has 1 amide bonds. The summed E-state index contributed by atoms with van der Waals surface area (Å²) in [5.74, 6) is -0.378. The van der Waals surface area contributed by atoms with Gasteiger partial charge in [0, 0.05) is 68.0 Å². The number of amides is 1. The van der Waals surface area contributed by atoms with Gasteiger partial charge in [-0.3, -0.25) is 4.79 Å². The highest BCUT2D eigenvalue weighted by Crippen LogP contribution is 2.44. The highest BCUT2D eigenvalue weighted by molar-refractivity contribution is 5.80. The van der Waals surface area contributed by atoms with Crippen LogP contribution in [-0.4, -0.2) is 52.9 Å². The normalized spacial score (nSPS) is 29.7. The third kappa shape index (κ3) is 2.58. The zero-order valence-corrected chi connectivity index (χ0v) is 15.0. The lowest BCUT2D eigenvalue weighted by molar-refractivity contribution is -0.159. The lowest BCUT2D eigenvalue weighted by Crippen LogP contribution is -2.46. The van der Waals surface area contributed by atoms with Gasteiger partial charge in [-0.25, -0.2) is 18.7 Å². The third-order valence-corrected chi connectivity index (χ3v) is 6.56. The van der Waals surface area contributed by atoms with Crippen molar-refractivity contribution in [2.24, 2.45) is 17.8 Å². The maximum Gasteiger partial charge on any atom is 0.249 e. The van der Waals surface area contributed by atoms with Gasteiger partial charge in [0.25, 0.3) is 0 Å². The van der Waals surface area contributed by atoms with E-state index in [0.717, 1.165) is 44.0 Å². The van der Waals surface area contributed by atoms with E-state index < -0.39 is 11.8 Å². The molecule has 0 radical (unpaired) electrons. The van der Waals surface area contributed by atoms with Gasteiger partial charge in [0.15, 0.2) is 0 Å². The number of aromatic nitrogens is 2. The molecule has 0 bridgehead atoms. The Balaban J connectivity index is 1.26. The van der Waals surface area contributed by atoms with E-state index in [4.69, 9.17) is 4.98 Å². The third-order valence-electron chi connectivity index (χ3n) is 6.56. The second-order valence-corrected chi connectivity index (χ2v) is 8.50. The summed E-state index contributed by atoms with van der Waals surface area (Å²) in [6.07, 6.45) is 2.71. The molecule has 7 heteroatoms. The standard InChI is InChI=1S/C19H24F2N4O/c1-11-22-16-4-2-3-15(16)17(23-11)24-7-13-9-25(10-14(13)8-24)18(26)12-5-19(20,21)6-12/h12-14H,2-10H2,1H3. The average molecular weight is 362 g/mol. The van der Waals surface area contributed by atoms with E-state index in [-0.39, 0.29) is 18.7 Å². The molecule has 3 fully saturated rings. The number of carbonyl (C=O) groups excluding carboxylic acids is 1. The van der Waals surface area contributed by atoms with Crippen molar-refractivity contribution >= 4 is 11.7 Å². The summed E-state index contributed by atoms with van der Waals surface area (Å²) >= 11 is 0. The van der Waals surface area contributed by atoms with Crippen LogP contribution in [0.3, 0.4) is 0 Å². The monoisotopic (exact) mass is 362 g/mol. The molecular weight excluding hydrogens is 338 g/mol. The van der Waals surface area contributed by atoms with Crippen molar-refractivity contribution in [3.8, 4) is 0 Å². The van der Waals surface area contributed by atoms with Crippen molar-refractivity contribution in [2.75, 3.05) is 31.1 Å². The van der Waals surface area contributed by atoms with Crippen molar-refractivity contribution in [1.29, 1.82) is 0 Å². The van der Waals surface area contributed by atoms with Crippen LogP contribution in [0.2, 0.25) is 0 Å². The highest BCUT2D eigenvalue weighted by atomic mass is 19.3. The Kier molecular flexibility index (Phi) is 3.53. The van der Waals surface area contributed by atoms with Gasteiger partial charge in [-0.05, 0) is 26.2 Å². The molecule has 1 aromatic rings. The summed E-state index contributed by atoms with van der Waals surface area (Å²) in [5, 5.41) is 0. The summed E-state index contributed by atoms with van der Waals surface area (Å²) in [5.41, 5.74) is 2.51. The predicted molar refractivity (Wildman–Crippen MR) is 92.2 cm³/mol. The Morgan fingerprint density at radius 1 is 1.08 bits per heavy atom. The number of nitrogens with zero attached hydrogens (tertiary/aromatic N) is 4. The quantitative estimate of drug-likeness (QED) is 0.809. The van der Waals surface area contributed by atoms with Crippen LogP contribution in [0.4, 0.5) is 14.6 Å². The molecule has 5 nitrogen and oxygen atoms in total. The SMILES string of the molecule is Cc1nc2c(c(N3CC4CN(C(=O)C5CC(F)(F)C5)CC4C3)n1)CCC2. The fourth-order valence-corrected chi connectivity index (χ4v) is 5.23. The molecule has 140 valence electrons. The lowest BCUT2D eigenvalue weighted by Gasteiger charge is -2.36. The number of anilines is 1. The largest absolute Gasteiger partial charge is 0.356 e. The van der Waals surface area contributed by atoms with Crippen LogP contribution in [0, 0.1) is 24.7 Å². The first kappa shape index (κ1) is 16.4. The molecule has 2 unspecified atom stereocenters. The second-order valence-electron chi connectivity index (χ2n) is 8.50. The summed E-state index contributed by atoms with van der Waals surface area (Å²) in [4.78, 5) is 26.0. The maximum absolute atomic E-state index is 13.1. The Hall–Kier alpha value is -1.79. The highest BCUT2D eigenvalue weighted by Gasteiger charge is 2.52. The molecule has 4 aliphatic rings. The minimum absolute atomic E-state index is 0.0596. The first-order chi connectivity index (χ1) is 12.4. The van der Waals surface area contributed by atoms with Crippen LogP contribution in [0.25, 0.3) is 0 Å². The minimum atomic E-state index is -2.63. The van der Waals surface area contributed by atoms with Gasteiger partial charge in [-0.2, -0.15) is 0 Å². The zero-order valence-electron chi connectivity index (χ0n) is 15.0. The fraction of sp³-hybridized carbons (Fsp3) is 0.737. The number of alkyl halides is 2. The van der Waals surface area contributed by atoms with Gasteiger partial charge in [0.05, 0.1) is 0 Å². The number of hydrogen-bond acceptors (Lipinski definition) is 4. The summed E-state index contributed by atoms with van der Waals surface area (Å²) in [7, 11) is 0. The summed E-state index contributed by atoms with van der Waals surface area (Å²) < 4.78 is 26.1. The molecule has 2 aliphatic heterocycles. The summed E-state index contributed by atoms with van der Waals surface area (Å²) in [6, 6.07) is 0. The molecule has 2 aliphatic carbocycles. The fourth-order valence-electron chi connectivity index (χ4n) is 5.23. The van der Waals surface area contributed by atoms with E-state index in [1.54, 1.807) is 0 Å². The molecule has 26 heavy (non-hydrogen) atoms. The van der Waals surface area contributed by atoms with Crippen LogP contribution in [0.1, 0.15) is 36.3 Å². The van der Waals surface area contributed by atoms with Crippen molar-refractivity contribution in [3.05, 3.63) is 17.1 Å². The number of likely N-dealkylation sites (tertiary alicyclic amines) is 1. The molecule has 2 atom stereocenters. The number of halogens is 2. The molecule has 0 N–H and O–H groups in total. The maximum atomic E-state index is 13.1. The van der Waals surface area contributed by atoms with Crippen LogP contribution >= 0.6 is 0 Å². The second kappa shape index (κ2) is 5.60. The smallest absolute Gasteiger partial charge is 0.249 e. The number of hydrogen-bond donors (Lipinski definition) is 0.